The van der Waals surface area contributed by atoms with Crippen molar-refractivity contribution < 1.29 is 0 Å². The first-order chi connectivity index (χ1) is 8.19. The Morgan fingerprint density at radius 2 is 1.94 bits per heavy atom. The zero-order valence-electron chi connectivity index (χ0n) is 11.6. The zero-order valence-corrected chi connectivity index (χ0v) is 11.6. The van der Waals surface area contributed by atoms with E-state index in [4.69, 9.17) is 0 Å². The third-order valence-electron chi connectivity index (χ3n) is 7.14. The predicted octanol–water partition coefficient (Wildman–Crippen LogP) is 4.89. The van der Waals surface area contributed by atoms with Crippen molar-refractivity contribution in [2.45, 2.75) is 65.2 Å². The molecule has 4 rings (SSSR count). The molecular formula is C17H28. The van der Waals surface area contributed by atoms with Crippen LogP contribution in [0.15, 0.2) is 0 Å². The maximum atomic E-state index is 2.46. The molecule has 0 aromatic heterocycles. The second kappa shape index (κ2) is 3.52. The third-order valence-corrected chi connectivity index (χ3v) is 7.14. The topological polar surface area (TPSA) is 0 Å². The van der Waals surface area contributed by atoms with Gasteiger partial charge in [0.1, 0.15) is 0 Å². The molecule has 0 nitrogen and oxygen atoms in total. The molecule has 96 valence electrons. The van der Waals surface area contributed by atoms with Gasteiger partial charge in [-0.1, -0.05) is 26.7 Å². The molecule has 2 bridgehead atoms. The van der Waals surface area contributed by atoms with Crippen LogP contribution in [0.1, 0.15) is 65.2 Å². The molecule has 0 radical (unpaired) electrons. The molecule has 0 heterocycles. The van der Waals surface area contributed by atoms with E-state index in [0.29, 0.717) is 0 Å². The Kier molecular flexibility index (Phi) is 2.25. The first-order valence-corrected chi connectivity index (χ1v) is 8.19. The van der Waals surface area contributed by atoms with Gasteiger partial charge in [-0.15, -0.1) is 0 Å². The minimum atomic E-state index is 0.872. The molecule has 0 N–H and O–H groups in total. The summed E-state index contributed by atoms with van der Waals surface area (Å²) in [6.07, 6.45) is 12.8. The maximum absolute atomic E-state index is 2.46. The van der Waals surface area contributed by atoms with E-state index in [9.17, 15) is 0 Å². The summed E-state index contributed by atoms with van der Waals surface area (Å²) in [5.74, 6) is 6.65. The molecule has 17 heavy (non-hydrogen) atoms. The van der Waals surface area contributed by atoms with Crippen molar-refractivity contribution in [3.8, 4) is 0 Å². The predicted molar refractivity (Wildman–Crippen MR) is 71.7 cm³/mol. The van der Waals surface area contributed by atoms with Crippen LogP contribution >= 0.6 is 0 Å². The van der Waals surface area contributed by atoms with Crippen LogP contribution in [0.5, 0.6) is 0 Å². The molecule has 4 unspecified atom stereocenters. The van der Waals surface area contributed by atoms with E-state index in [2.05, 4.69) is 13.8 Å². The van der Waals surface area contributed by atoms with Gasteiger partial charge < -0.3 is 0 Å². The molecule has 0 amide bonds. The molecule has 4 saturated carbocycles. The van der Waals surface area contributed by atoms with Gasteiger partial charge in [0, 0.05) is 0 Å². The fraction of sp³-hybridized carbons (Fsp3) is 1.00. The Bertz CT molecular complexity index is 318. The SMILES string of the molecule is CC(C)C1CC2C[C@@H](C1)CC21CCCC2C[C@H]21. The minimum absolute atomic E-state index is 0.872. The Morgan fingerprint density at radius 3 is 2.76 bits per heavy atom. The molecular weight excluding hydrogens is 204 g/mol. The molecule has 0 aliphatic heterocycles. The van der Waals surface area contributed by atoms with Crippen LogP contribution in [0.25, 0.3) is 0 Å². The van der Waals surface area contributed by atoms with E-state index in [0.717, 1.165) is 29.1 Å². The van der Waals surface area contributed by atoms with E-state index in [1.54, 1.807) is 51.4 Å². The lowest BCUT2D eigenvalue weighted by Crippen LogP contribution is -2.32. The number of hydrogen-bond donors (Lipinski definition) is 0. The molecule has 4 fully saturated rings. The Hall–Kier alpha value is 0. The van der Waals surface area contributed by atoms with Crippen LogP contribution in [0.4, 0.5) is 0 Å². The largest absolute Gasteiger partial charge is 0.0625 e. The summed E-state index contributed by atoms with van der Waals surface area (Å²) >= 11 is 0. The van der Waals surface area contributed by atoms with Crippen molar-refractivity contribution in [1.29, 1.82) is 0 Å². The summed E-state index contributed by atoms with van der Waals surface area (Å²) in [5.41, 5.74) is 0.872. The highest BCUT2D eigenvalue weighted by atomic mass is 14.7. The first-order valence-electron chi connectivity index (χ1n) is 8.19. The van der Waals surface area contributed by atoms with Crippen molar-refractivity contribution >= 4 is 0 Å². The van der Waals surface area contributed by atoms with Crippen molar-refractivity contribution in [1.82, 2.24) is 0 Å². The van der Waals surface area contributed by atoms with Gasteiger partial charge in [-0.25, -0.2) is 0 Å². The lowest BCUT2D eigenvalue weighted by atomic mass is 9.64. The number of rotatable bonds is 1. The molecule has 4 aliphatic carbocycles. The van der Waals surface area contributed by atoms with Gasteiger partial charge in [0.15, 0.2) is 0 Å². The molecule has 0 aromatic rings. The fourth-order valence-electron chi connectivity index (χ4n) is 6.28. The van der Waals surface area contributed by atoms with Crippen LogP contribution < -0.4 is 0 Å². The van der Waals surface area contributed by atoms with Crippen LogP contribution in [0, 0.1) is 40.9 Å². The summed E-state index contributed by atoms with van der Waals surface area (Å²) in [4.78, 5) is 0. The fourth-order valence-corrected chi connectivity index (χ4v) is 6.28. The summed E-state index contributed by atoms with van der Waals surface area (Å²) in [6.45, 7) is 4.92. The van der Waals surface area contributed by atoms with E-state index in [1.165, 1.54) is 11.8 Å². The number of hydrogen-bond acceptors (Lipinski definition) is 0. The van der Waals surface area contributed by atoms with E-state index in [1.807, 2.05) is 0 Å². The van der Waals surface area contributed by atoms with Gasteiger partial charge in [-0.3, -0.25) is 0 Å². The molecule has 4 aliphatic rings. The lowest BCUT2D eigenvalue weighted by Gasteiger charge is -2.41. The van der Waals surface area contributed by atoms with Crippen molar-refractivity contribution in [2.24, 2.45) is 40.9 Å². The first kappa shape index (κ1) is 10.9. The van der Waals surface area contributed by atoms with Crippen molar-refractivity contribution in [3.05, 3.63) is 0 Å². The van der Waals surface area contributed by atoms with Gasteiger partial charge in [0.25, 0.3) is 0 Å². The molecule has 0 heteroatoms. The van der Waals surface area contributed by atoms with Crippen LogP contribution in [-0.4, -0.2) is 0 Å². The highest BCUT2D eigenvalue weighted by Crippen LogP contribution is 2.71. The van der Waals surface area contributed by atoms with E-state index >= 15 is 0 Å². The van der Waals surface area contributed by atoms with Crippen LogP contribution in [0.3, 0.4) is 0 Å². The summed E-state index contributed by atoms with van der Waals surface area (Å²) in [5, 5.41) is 0. The zero-order chi connectivity index (χ0) is 11.6. The second-order valence-electron chi connectivity index (χ2n) is 8.21. The minimum Gasteiger partial charge on any atom is -0.0625 e. The normalized spacial score (nSPS) is 56.3. The van der Waals surface area contributed by atoms with Crippen molar-refractivity contribution in [3.63, 3.8) is 0 Å². The lowest BCUT2D eigenvalue weighted by molar-refractivity contribution is 0.0864. The van der Waals surface area contributed by atoms with Crippen molar-refractivity contribution in [2.75, 3.05) is 0 Å². The molecule has 1 spiro atoms. The molecule has 0 aromatic carbocycles. The average molecular weight is 232 g/mol. The summed E-state index contributed by atoms with van der Waals surface area (Å²) < 4.78 is 0. The number of fused-ring (bicyclic) bond motifs is 5. The molecule has 6 atom stereocenters. The summed E-state index contributed by atoms with van der Waals surface area (Å²) in [7, 11) is 0. The Morgan fingerprint density at radius 1 is 1.06 bits per heavy atom. The van der Waals surface area contributed by atoms with Crippen LogP contribution in [0.2, 0.25) is 0 Å². The summed E-state index contributed by atoms with van der Waals surface area (Å²) in [6, 6.07) is 0. The van der Waals surface area contributed by atoms with Crippen LogP contribution in [-0.2, 0) is 0 Å². The van der Waals surface area contributed by atoms with E-state index in [-0.39, 0.29) is 0 Å². The maximum Gasteiger partial charge on any atom is -0.0235 e. The Balaban J connectivity index is 1.59. The van der Waals surface area contributed by atoms with Gasteiger partial charge in [-0.2, -0.15) is 0 Å². The third kappa shape index (κ3) is 1.48. The monoisotopic (exact) mass is 232 g/mol. The highest BCUT2D eigenvalue weighted by molar-refractivity contribution is 5.11. The Labute approximate surface area is 107 Å². The quantitative estimate of drug-likeness (QED) is 0.604. The molecule has 0 saturated heterocycles. The van der Waals surface area contributed by atoms with E-state index < -0.39 is 0 Å². The smallest absolute Gasteiger partial charge is 0.0235 e. The van der Waals surface area contributed by atoms with Gasteiger partial charge in [0.2, 0.25) is 0 Å². The van der Waals surface area contributed by atoms with Gasteiger partial charge in [-0.05, 0) is 79.4 Å². The van der Waals surface area contributed by atoms with Gasteiger partial charge >= 0.3 is 0 Å². The standard InChI is InChI=1S/C17H28/c1-11(2)14-6-12-7-15(8-14)17(10-12)5-3-4-13-9-16(13)17/h11-16H,3-10H2,1-2H3/t12-,13?,14?,15?,16-,17?/m1/s1. The highest BCUT2D eigenvalue weighted by Gasteiger charge is 2.62. The second-order valence-corrected chi connectivity index (χ2v) is 8.21. The average Bonchev–Trinajstić information content (AvgIpc) is 3.04. The van der Waals surface area contributed by atoms with Gasteiger partial charge in [0.05, 0.1) is 0 Å².